The van der Waals surface area contributed by atoms with Gasteiger partial charge in [-0.2, -0.15) is 0 Å². The third-order valence-electron chi connectivity index (χ3n) is 15.2. The number of aromatic nitrogens is 5. The largest absolute Gasteiger partial charge is 0.456 e. The summed E-state index contributed by atoms with van der Waals surface area (Å²) < 4.78 is 17.8. The van der Waals surface area contributed by atoms with Crippen LogP contribution in [0.25, 0.3) is 155 Å². The number of hydrogen-bond donors (Lipinski definition) is 0. The van der Waals surface area contributed by atoms with E-state index in [1.54, 1.807) is 0 Å². The molecule has 16 aromatic rings. The van der Waals surface area contributed by atoms with Gasteiger partial charge in [-0.1, -0.05) is 164 Å². The first-order valence-electron chi connectivity index (χ1n) is 25.6. The van der Waals surface area contributed by atoms with Crippen LogP contribution in [0, 0.1) is 0 Å². The molecule has 0 aliphatic heterocycles. The molecule has 0 amide bonds. The van der Waals surface area contributed by atoms with Crippen LogP contribution < -0.4 is 0 Å². The van der Waals surface area contributed by atoms with Crippen molar-refractivity contribution in [2.24, 2.45) is 0 Å². The molecular weight excluding hydrogens is 931 g/mol. The lowest BCUT2D eigenvalue weighted by Crippen LogP contribution is -2.04. The van der Waals surface area contributed by atoms with Crippen LogP contribution in [-0.2, 0) is 0 Å². The molecule has 5 heterocycles. The Labute approximate surface area is 434 Å². The maximum Gasteiger partial charge on any atom is 0.164 e. The van der Waals surface area contributed by atoms with Gasteiger partial charge in [-0.15, -0.1) is 0 Å². The fourth-order valence-electron chi connectivity index (χ4n) is 11.8. The van der Waals surface area contributed by atoms with Crippen molar-refractivity contribution < 1.29 is 8.83 Å². The smallest absolute Gasteiger partial charge is 0.164 e. The molecule has 0 bridgehead atoms. The molecule has 11 aromatic carbocycles. The zero-order valence-electron chi connectivity index (χ0n) is 40.7. The third kappa shape index (κ3) is 6.46. The van der Waals surface area contributed by atoms with E-state index in [2.05, 4.69) is 209 Å². The molecule has 0 fully saturated rings. The average Bonchev–Trinajstić information content (AvgIpc) is 4.44. The molecule has 5 aromatic heterocycles. The van der Waals surface area contributed by atoms with E-state index in [0.29, 0.717) is 17.5 Å². The summed E-state index contributed by atoms with van der Waals surface area (Å²) in [4.78, 5) is 16.1. The predicted octanol–water partition coefficient (Wildman–Crippen LogP) is 18.2. The van der Waals surface area contributed by atoms with Gasteiger partial charge >= 0.3 is 0 Å². The molecule has 76 heavy (non-hydrogen) atoms. The fraction of sp³-hybridized carbons (Fsp3) is 0. The summed E-state index contributed by atoms with van der Waals surface area (Å²) in [6.07, 6.45) is 0. The van der Waals surface area contributed by atoms with Crippen molar-refractivity contribution in [1.29, 1.82) is 0 Å². The summed E-state index contributed by atoms with van der Waals surface area (Å²) in [6.45, 7) is 0. The highest BCUT2D eigenvalue weighted by Gasteiger charge is 2.26. The minimum atomic E-state index is 0.528. The van der Waals surface area contributed by atoms with Gasteiger partial charge in [0.2, 0.25) is 0 Å². The molecule has 7 heteroatoms. The molecule has 0 atom stereocenters. The van der Waals surface area contributed by atoms with Gasteiger partial charge in [0, 0.05) is 76.6 Å². The summed E-state index contributed by atoms with van der Waals surface area (Å²) in [6, 6.07) is 87.7. The van der Waals surface area contributed by atoms with Gasteiger partial charge in [0.1, 0.15) is 22.3 Å². The molecule has 0 saturated carbocycles. The van der Waals surface area contributed by atoms with Gasteiger partial charge in [-0.25, -0.2) is 15.0 Å². The Morgan fingerprint density at radius 2 is 0.658 bits per heavy atom. The Kier molecular flexibility index (Phi) is 9.20. The molecule has 7 nitrogen and oxygen atoms in total. The normalized spacial score (nSPS) is 11.9. The molecule has 0 N–H and O–H groups in total. The van der Waals surface area contributed by atoms with Gasteiger partial charge in [0.05, 0.1) is 27.8 Å². The molecular formula is C69H41N5O2. The number of fused-ring (bicyclic) bond motifs is 13. The molecule has 0 aliphatic carbocycles. The molecule has 0 radical (unpaired) electrons. The summed E-state index contributed by atoms with van der Waals surface area (Å²) in [5.74, 6) is 1.59. The number of benzene rings is 11. The first kappa shape index (κ1) is 42.2. The highest BCUT2D eigenvalue weighted by molar-refractivity contribution is 6.29. The minimum Gasteiger partial charge on any atom is -0.456 e. The Balaban J connectivity index is 0.986. The minimum absolute atomic E-state index is 0.528. The third-order valence-corrected chi connectivity index (χ3v) is 15.2. The van der Waals surface area contributed by atoms with Gasteiger partial charge < -0.3 is 18.0 Å². The van der Waals surface area contributed by atoms with Gasteiger partial charge in [-0.05, 0) is 96.1 Å². The van der Waals surface area contributed by atoms with E-state index in [4.69, 9.17) is 23.8 Å². The molecule has 354 valence electrons. The average molecular weight is 972 g/mol. The molecule has 0 spiro atoms. The van der Waals surface area contributed by atoms with Crippen LogP contribution in [0.5, 0.6) is 0 Å². The second-order valence-electron chi connectivity index (χ2n) is 19.5. The number of nitrogens with zero attached hydrogens (tertiary/aromatic N) is 5. The van der Waals surface area contributed by atoms with E-state index in [-0.39, 0.29) is 0 Å². The number of furan rings is 2. The van der Waals surface area contributed by atoms with Crippen LogP contribution in [-0.4, -0.2) is 24.1 Å². The quantitative estimate of drug-likeness (QED) is 0.159. The first-order valence-corrected chi connectivity index (χ1v) is 25.6. The zero-order chi connectivity index (χ0) is 49.8. The van der Waals surface area contributed by atoms with Crippen molar-refractivity contribution in [3.63, 3.8) is 0 Å². The lowest BCUT2D eigenvalue weighted by Gasteiger charge is -2.21. The van der Waals surface area contributed by atoms with Crippen molar-refractivity contribution >= 4 is 87.5 Å². The van der Waals surface area contributed by atoms with Crippen molar-refractivity contribution in [2.45, 2.75) is 0 Å². The van der Waals surface area contributed by atoms with Gasteiger partial charge in [0.25, 0.3) is 0 Å². The van der Waals surface area contributed by atoms with Crippen molar-refractivity contribution in [3.8, 4) is 67.8 Å². The maximum absolute atomic E-state index is 6.44. The Bertz CT molecular complexity index is 4800. The summed E-state index contributed by atoms with van der Waals surface area (Å²) >= 11 is 0. The number of rotatable bonds is 7. The standard InChI is InChI=1S/C69H41N5O2/c1-4-18-42(19-5-1)54-38-46(69-71-67(44-32-34-50-48-24-12-16-30-60(48)75-62(50)40-44)70-68(72-69)45-33-35-51-49-25-13-17-31-61(49)76-63(51)41-45)39-55(43-20-6-2-7-21-43)66(54)74-57-29-15-11-27-53(57)65-59(74)37-36-58-64(65)52-26-10-14-28-56(52)73(58)47-22-8-3-9-23-47/h1-41H. The SMILES string of the molecule is c1ccc(-c2cc(-c3nc(-c4ccc5c(c4)oc4ccccc45)nc(-c4ccc5c(c4)oc4ccccc45)n3)cc(-c3ccccc3)c2-n2c3ccccc3c3c4c5ccccc5n(-c5ccccc5)c4ccc32)cc1. The Morgan fingerprint density at radius 1 is 0.263 bits per heavy atom. The second kappa shape index (κ2) is 16.6. The van der Waals surface area contributed by atoms with E-state index >= 15 is 0 Å². The lowest BCUT2D eigenvalue weighted by molar-refractivity contribution is 0.668. The topological polar surface area (TPSA) is 74.8 Å². The van der Waals surface area contributed by atoms with Crippen molar-refractivity contribution in [3.05, 3.63) is 249 Å². The van der Waals surface area contributed by atoms with E-state index in [9.17, 15) is 0 Å². The monoisotopic (exact) mass is 971 g/mol. The Hall–Kier alpha value is -10.4. The highest BCUT2D eigenvalue weighted by atomic mass is 16.3. The molecule has 16 rings (SSSR count). The van der Waals surface area contributed by atoms with Crippen molar-refractivity contribution in [1.82, 2.24) is 24.1 Å². The zero-order valence-corrected chi connectivity index (χ0v) is 40.7. The van der Waals surface area contributed by atoms with Crippen LogP contribution in [0.3, 0.4) is 0 Å². The Morgan fingerprint density at radius 3 is 1.17 bits per heavy atom. The van der Waals surface area contributed by atoms with E-state index < -0.39 is 0 Å². The number of hydrogen-bond acceptors (Lipinski definition) is 5. The van der Waals surface area contributed by atoms with Gasteiger partial charge in [0.15, 0.2) is 17.5 Å². The van der Waals surface area contributed by atoms with Crippen LogP contribution in [0.4, 0.5) is 0 Å². The summed E-state index contributed by atoms with van der Waals surface area (Å²) in [5, 5.41) is 9.00. The van der Waals surface area contributed by atoms with Crippen LogP contribution >= 0.6 is 0 Å². The second-order valence-corrected chi connectivity index (χ2v) is 19.5. The summed E-state index contributed by atoms with van der Waals surface area (Å²) in [7, 11) is 0. The molecule has 0 saturated heterocycles. The van der Waals surface area contributed by atoms with Crippen LogP contribution in [0.1, 0.15) is 0 Å². The summed E-state index contributed by atoms with van der Waals surface area (Å²) in [5.41, 5.74) is 16.6. The fourth-order valence-corrected chi connectivity index (χ4v) is 11.8. The highest BCUT2D eigenvalue weighted by Crippen LogP contribution is 2.47. The molecule has 0 aliphatic rings. The van der Waals surface area contributed by atoms with E-state index in [1.807, 2.05) is 48.5 Å². The van der Waals surface area contributed by atoms with Gasteiger partial charge in [-0.3, -0.25) is 0 Å². The van der Waals surface area contributed by atoms with Crippen LogP contribution in [0.15, 0.2) is 258 Å². The van der Waals surface area contributed by atoms with E-state index in [0.717, 1.165) is 111 Å². The number of para-hydroxylation sites is 5. The van der Waals surface area contributed by atoms with Crippen molar-refractivity contribution in [2.75, 3.05) is 0 Å². The predicted molar refractivity (Wildman–Crippen MR) is 310 cm³/mol. The lowest BCUT2D eigenvalue weighted by atomic mass is 9.92. The van der Waals surface area contributed by atoms with Crippen LogP contribution in [0.2, 0.25) is 0 Å². The molecule has 0 unspecified atom stereocenters. The maximum atomic E-state index is 6.44. The first-order chi connectivity index (χ1) is 37.7. The van der Waals surface area contributed by atoms with E-state index in [1.165, 1.54) is 27.1 Å².